The number of hydrogen-bond donors (Lipinski definition) is 2. The minimum atomic E-state index is 0.0971. The molecule has 110 valence electrons. The zero-order valence-electron chi connectivity index (χ0n) is 12.0. The molecule has 0 aliphatic carbocycles. The maximum Gasteiger partial charge on any atom is 0.0409 e. The molecule has 0 aromatic heterocycles. The summed E-state index contributed by atoms with van der Waals surface area (Å²) < 4.78 is 0. The van der Waals surface area contributed by atoms with Gasteiger partial charge < -0.3 is 11.5 Å². The molecule has 2 nitrogen and oxygen atoms in total. The van der Waals surface area contributed by atoms with Crippen LogP contribution in [0.5, 0.6) is 0 Å². The monoisotopic (exact) mass is 308 g/mol. The molecule has 0 aliphatic rings. The highest BCUT2D eigenvalue weighted by molar-refractivity contribution is 6.30. The molecule has 0 atom stereocenters. The van der Waals surface area contributed by atoms with Gasteiger partial charge in [0.2, 0.25) is 0 Å². The summed E-state index contributed by atoms with van der Waals surface area (Å²) in [6.45, 7) is 0. The van der Waals surface area contributed by atoms with Crippen molar-refractivity contribution in [3.63, 3.8) is 0 Å². The second-order valence-corrected chi connectivity index (χ2v) is 5.76. The standard InChI is InChI=1S/C19H17ClN2/c20-16-3-1-2-15(12-16)19(13-4-8-17(21)9-5-13)14-6-10-18(22)11-7-14/h1-12,19H,21-22H2. The number of nitrogens with two attached hydrogens (primary N) is 2. The lowest BCUT2D eigenvalue weighted by Gasteiger charge is -2.19. The van der Waals surface area contributed by atoms with E-state index in [0.717, 1.165) is 22.0 Å². The number of hydrogen-bond acceptors (Lipinski definition) is 2. The molecule has 0 amide bonds. The normalized spacial score (nSPS) is 10.8. The molecule has 4 N–H and O–H groups in total. The van der Waals surface area contributed by atoms with Gasteiger partial charge in [-0.3, -0.25) is 0 Å². The van der Waals surface area contributed by atoms with Crippen LogP contribution in [0.3, 0.4) is 0 Å². The van der Waals surface area contributed by atoms with E-state index in [0.29, 0.717) is 0 Å². The SMILES string of the molecule is Nc1ccc(C(c2ccc(N)cc2)c2cccc(Cl)c2)cc1. The Balaban J connectivity index is 2.13. The molecule has 0 bridgehead atoms. The fourth-order valence-electron chi connectivity index (χ4n) is 2.64. The molecule has 0 spiro atoms. The largest absolute Gasteiger partial charge is 0.399 e. The zero-order chi connectivity index (χ0) is 15.5. The lowest BCUT2D eigenvalue weighted by atomic mass is 9.85. The summed E-state index contributed by atoms with van der Waals surface area (Å²) in [6.07, 6.45) is 0. The number of anilines is 2. The number of benzene rings is 3. The van der Waals surface area contributed by atoms with Gasteiger partial charge in [-0.15, -0.1) is 0 Å². The van der Waals surface area contributed by atoms with Crippen molar-refractivity contribution in [1.29, 1.82) is 0 Å². The van der Waals surface area contributed by atoms with Gasteiger partial charge in [-0.05, 0) is 53.1 Å². The Kier molecular flexibility index (Phi) is 4.03. The van der Waals surface area contributed by atoms with E-state index in [9.17, 15) is 0 Å². The quantitative estimate of drug-likeness (QED) is 0.545. The van der Waals surface area contributed by atoms with Gasteiger partial charge >= 0.3 is 0 Å². The Labute approximate surface area is 135 Å². The lowest BCUT2D eigenvalue weighted by molar-refractivity contribution is 0.978. The van der Waals surface area contributed by atoms with Gasteiger partial charge in [-0.2, -0.15) is 0 Å². The average molecular weight is 309 g/mol. The summed E-state index contributed by atoms with van der Waals surface area (Å²) in [7, 11) is 0. The van der Waals surface area contributed by atoms with Crippen LogP contribution in [0.2, 0.25) is 5.02 Å². The smallest absolute Gasteiger partial charge is 0.0409 e. The Bertz CT molecular complexity index is 719. The highest BCUT2D eigenvalue weighted by atomic mass is 35.5. The van der Waals surface area contributed by atoms with E-state index in [4.69, 9.17) is 23.1 Å². The van der Waals surface area contributed by atoms with Crippen LogP contribution in [-0.4, -0.2) is 0 Å². The molecule has 3 rings (SSSR count). The van der Waals surface area contributed by atoms with Crippen molar-refractivity contribution in [2.45, 2.75) is 5.92 Å². The first-order chi connectivity index (χ1) is 10.6. The Morgan fingerprint density at radius 3 is 1.59 bits per heavy atom. The summed E-state index contributed by atoms with van der Waals surface area (Å²) in [5.74, 6) is 0.0971. The molecule has 3 aromatic carbocycles. The first kappa shape index (κ1) is 14.5. The Morgan fingerprint density at radius 1 is 0.636 bits per heavy atom. The Morgan fingerprint density at radius 2 is 1.14 bits per heavy atom. The number of halogens is 1. The van der Waals surface area contributed by atoms with Crippen LogP contribution in [-0.2, 0) is 0 Å². The molecule has 3 aromatic rings. The maximum absolute atomic E-state index is 6.17. The first-order valence-corrected chi connectivity index (χ1v) is 7.47. The van der Waals surface area contributed by atoms with Crippen LogP contribution in [0.1, 0.15) is 22.6 Å². The predicted molar refractivity (Wildman–Crippen MR) is 94.1 cm³/mol. The minimum absolute atomic E-state index is 0.0971. The second kappa shape index (κ2) is 6.12. The number of rotatable bonds is 3. The summed E-state index contributed by atoms with van der Waals surface area (Å²) in [5, 5.41) is 0.730. The maximum atomic E-state index is 6.17. The van der Waals surface area contributed by atoms with E-state index in [1.807, 2.05) is 42.5 Å². The average Bonchev–Trinajstić information content (AvgIpc) is 2.51. The molecule has 0 heterocycles. The summed E-state index contributed by atoms with van der Waals surface area (Å²) in [4.78, 5) is 0. The lowest BCUT2D eigenvalue weighted by Crippen LogP contribution is -2.04. The van der Waals surface area contributed by atoms with Crippen molar-refractivity contribution in [1.82, 2.24) is 0 Å². The highest BCUT2D eigenvalue weighted by Crippen LogP contribution is 2.33. The fourth-order valence-corrected chi connectivity index (χ4v) is 2.84. The summed E-state index contributed by atoms with van der Waals surface area (Å²) >= 11 is 6.17. The van der Waals surface area contributed by atoms with Crippen molar-refractivity contribution in [2.75, 3.05) is 11.5 Å². The minimum Gasteiger partial charge on any atom is -0.399 e. The molecule has 0 unspecified atom stereocenters. The van der Waals surface area contributed by atoms with Crippen LogP contribution < -0.4 is 11.5 Å². The third-order valence-corrected chi connectivity index (χ3v) is 3.96. The molecule has 0 radical (unpaired) electrons. The first-order valence-electron chi connectivity index (χ1n) is 7.10. The molecule has 22 heavy (non-hydrogen) atoms. The van der Waals surface area contributed by atoms with E-state index in [2.05, 4.69) is 30.3 Å². The van der Waals surface area contributed by atoms with Crippen LogP contribution in [0.15, 0.2) is 72.8 Å². The van der Waals surface area contributed by atoms with E-state index in [1.54, 1.807) is 0 Å². The second-order valence-electron chi connectivity index (χ2n) is 5.32. The van der Waals surface area contributed by atoms with Crippen molar-refractivity contribution in [3.05, 3.63) is 94.5 Å². The van der Waals surface area contributed by atoms with Crippen molar-refractivity contribution >= 4 is 23.0 Å². The van der Waals surface area contributed by atoms with E-state index in [-0.39, 0.29) is 5.92 Å². The van der Waals surface area contributed by atoms with Crippen molar-refractivity contribution in [3.8, 4) is 0 Å². The topological polar surface area (TPSA) is 52.0 Å². The molecule has 0 fully saturated rings. The highest BCUT2D eigenvalue weighted by Gasteiger charge is 2.17. The fraction of sp³-hybridized carbons (Fsp3) is 0.0526. The van der Waals surface area contributed by atoms with Gasteiger partial charge in [0.15, 0.2) is 0 Å². The van der Waals surface area contributed by atoms with Crippen LogP contribution >= 0.6 is 11.6 Å². The third kappa shape index (κ3) is 3.07. The summed E-state index contributed by atoms with van der Waals surface area (Å²) in [5.41, 5.74) is 16.6. The molecule has 0 saturated carbocycles. The molecular formula is C19H17ClN2. The Hall–Kier alpha value is -2.45. The molecular weight excluding hydrogens is 292 g/mol. The van der Waals surface area contributed by atoms with Crippen LogP contribution in [0.4, 0.5) is 11.4 Å². The van der Waals surface area contributed by atoms with Gasteiger partial charge in [0.05, 0.1) is 0 Å². The molecule has 0 saturated heterocycles. The van der Waals surface area contributed by atoms with E-state index < -0.39 is 0 Å². The van der Waals surface area contributed by atoms with Gasteiger partial charge in [0, 0.05) is 22.3 Å². The van der Waals surface area contributed by atoms with Gasteiger partial charge in [-0.25, -0.2) is 0 Å². The molecule has 0 aliphatic heterocycles. The summed E-state index contributed by atoms with van der Waals surface area (Å²) in [6, 6.07) is 23.8. The number of nitrogen functional groups attached to an aromatic ring is 2. The van der Waals surface area contributed by atoms with Crippen LogP contribution in [0, 0.1) is 0 Å². The third-order valence-electron chi connectivity index (χ3n) is 3.72. The molecule has 3 heteroatoms. The van der Waals surface area contributed by atoms with Crippen molar-refractivity contribution in [2.24, 2.45) is 0 Å². The van der Waals surface area contributed by atoms with E-state index in [1.165, 1.54) is 11.1 Å². The van der Waals surface area contributed by atoms with Gasteiger partial charge in [0.1, 0.15) is 0 Å². The van der Waals surface area contributed by atoms with Crippen molar-refractivity contribution < 1.29 is 0 Å². The predicted octanol–water partition coefficient (Wildman–Crippen LogP) is 4.68. The van der Waals surface area contributed by atoms with E-state index >= 15 is 0 Å². The van der Waals surface area contributed by atoms with Crippen LogP contribution in [0.25, 0.3) is 0 Å². The van der Waals surface area contributed by atoms with Gasteiger partial charge in [-0.1, -0.05) is 48.0 Å². The zero-order valence-corrected chi connectivity index (χ0v) is 12.8. The van der Waals surface area contributed by atoms with Gasteiger partial charge in [0.25, 0.3) is 0 Å².